The van der Waals surface area contributed by atoms with Crippen LogP contribution in [0.5, 0.6) is 0 Å². The summed E-state index contributed by atoms with van der Waals surface area (Å²) in [5, 5.41) is 12.7. The molecule has 0 atom stereocenters. The van der Waals surface area contributed by atoms with Gasteiger partial charge in [0, 0.05) is 5.41 Å². The number of hydrogen-bond donors (Lipinski definition) is 0. The van der Waals surface area contributed by atoms with Crippen LogP contribution in [0, 0.1) is 0 Å². The van der Waals surface area contributed by atoms with E-state index in [0.29, 0.717) is 0 Å². The first-order valence-corrected chi connectivity index (χ1v) is 18.7. The zero-order valence-electron chi connectivity index (χ0n) is 29.8. The molecule has 0 spiro atoms. The zero-order chi connectivity index (χ0) is 35.3. The van der Waals surface area contributed by atoms with Crippen molar-refractivity contribution in [3.05, 3.63) is 193 Å². The molecule has 0 heteroatoms. The highest BCUT2D eigenvalue weighted by Gasteiger charge is 2.36. The molecule has 0 saturated heterocycles. The van der Waals surface area contributed by atoms with Gasteiger partial charge in [0.2, 0.25) is 0 Å². The molecule has 0 saturated carbocycles. The third-order valence-corrected chi connectivity index (χ3v) is 12.0. The van der Waals surface area contributed by atoms with Gasteiger partial charge in [-0.05, 0) is 140 Å². The SMILES string of the molecule is CC1(C)c2ccc(-c3cc(-c4c5ccccc5c(-c5cccc6ccccc56)c5ccccc45)c4ccccc4c3)cc2-c2cc3ccccc3cc21. The monoisotopic (exact) mass is 672 g/mol. The molecule has 10 aromatic carbocycles. The minimum atomic E-state index is -0.0641. The van der Waals surface area contributed by atoms with Gasteiger partial charge in [-0.15, -0.1) is 0 Å². The van der Waals surface area contributed by atoms with E-state index in [1.54, 1.807) is 0 Å². The minimum Gasteiger partial charge on any atom is -0.0616 e. The Balaban J connectivity index is 1.19. The van der Waals surface area contributed by atoms with Crippen LogP contribution in [0.4, 0.5) is 0 Å². The van der Waals surface area contributed by atoms with Crippen molar-refractivity contribution in [3.63, 3.8) is 0 Å². The lowest BCUT2D eigenvalue weighted by Gasteiger charge is -2.22. The van der Waals surface area contributed by atoms with Crippen molar-refractivity contribution in [2.75, 3.05) is 0 Å². The Hall–Kier alpha value is -6.50. The van der Waals surface area contributed by atoms with Gasteiger partial charge in [0.1, 0.15) is 0 Å². The Kier molecular flexibility index (Phi) is 6.40. The van der Waals surface area contributed by atoms with Gasteiger partial charge in [-0.2, -0.15) is 0 Å². The summed E-state index contributed by atoms with van der Waals surface area (Å²) in [5.74, 6) is 0. The summed E-state index contributed by atoms with van der Waals surface area (Å²) in [6, 6.07) is 68.1. The Morgan fingerprint density at radius 3 is 1.42 bits per heavy atom. The molecule has 1 aliphatic rings. The van der Waals surface area contributed by atoms with Crippen molar-refractivity contribution in [2.24, 2.45) is 0 Å². The molecule has 0 bridgehead atoms. The molecule has 0 fully saturated rings. The summed E-state index contributed by atoms with van der Waals surface area (Å²) in [7, 11) is 0. The number of hydrogen-bond acceptors (Lipinski definition) is 0. The molecule has 0 radical (unpaired) electrons. The maximum absolute atomic E-state index is 2.46. The molecule has 0 N–H and O–H groups in total. The minimum absolute atomic E-state index is 0.0641. The number of fused-ring (bicyclic) bond motifs is 8. The summed E-state index contributed by atoms with van der Waals surface area (Å²) in [6.45, 7) is 4.75. The quantitative estimate of drug-likeness (QED) is 0.164. The lowest BCUT2D eigenvalue weighted by atomic mass is 9.81. The standard InChI is InChI=1S/C53H36/c1-53(2)49-27-26-36(30-46(49)47-29-34-15-3-4-16-35(34)32-50(47)53)38-28-37-17-6-8-20-40(37)48(31-38)52-44-23-11-9-21-42(44)51(43-22-10-12-24-45(43)52)41-25-13-18-33-14-5-7-19-39(33)41/h3-32H,1-2H3. The Bertz CT molecular complexity index is 3080. The molecule has 11 rings (SSSR count). The average molecular weight is 673 g/mol. The van der Waals surface area contributed by atoms with Gasteiger partial charge in [0.15, 0.2) is 0 Å². The summed E-state index contributed by atoms with van der Waals surface area (Å²) < 4.78 is 0. The molecule has 0 heterocycles. The van der Waals surface area contributed by atoms with Crippen LogP contribution >= 0.6 is 0 Å². The molecule has 53 heavy (non-hydrogen) atoms. The fourth-order valence-electron chi connectivity index (χ4n) is 9.45. The topological polar surface area (TPSA) is 0 Å². The van der Waals surface area contributed by atoms with E-state index in [2.05, 4.69) is 196 Å². The van der Waals surface area contributed by atoms with Crippen molar-refractivity contribution in [1.82, 2.24) is 0 Å². The van der Waals surface area contributed by atoms with Crippen LogP contribution in [0.3, 0.4) is 0 Å². The van der Waals surface area contributed by atoms with E-state index in [-0.39, 0.29) is 5.41 Å². The van der Waals surface area contributed by atoms with Crippen LogP contribution in [0.2, 0.25) is 0 Å². The largest absolute Gasteiger partial charge is 0.0616 e. The molecular weight excluding hydrogens is 637 g/mol. The number of benzene rings is 10. The Labute approximate surface area is 309 Å². The van der Waals surface area contributed by atoms with Crippen molar-refractivity contribution in [2.45, 2.75) is 19.3 Å². The van der Waals surface area contributed by atoms with Gasteiger partial charge in [0.05, 0.1) is 0 Å². The molecule has 0 nitrogen and oxygen atoms in total. The summed E-state index contributed by atoms with van der Waals surface area (Å²) in [4.78, 5) is 0. The average Bonchev–Trinajstić information content (AvgIpc) is 3.43. The van der Waals surface area contributed by atoms with E-state index in [0.717, 1.165) is 0 Å². The fourth-order valence-corrected chi connectivity index (χ4v) is 9.45. The maximum atomic E-state index is 2.46. The van der Waals surface area contributed by atoms with Crippen LogP contribution in [0.25, 0.3) is 98.4 Å². The fraction of sp³-hybridized carbons (Fsp3) is 0.0566. The second-order valence-corrected chi connectivity index (χ2v) is 15.2. The Morgan fingerprint density at radius 2 is 0.755 bits per heavy atom. The highest BCUT2D eigenvalue weighted by Crippen LogP contribution is 2.52. The summed E-state index contributed by atoms with van der Waals surface area (Å²) in [5.41, 5.74) is 13.0. The van der Waals surface area contributed by atoms with Gasteiger partial charge in [-0.3, -0.25) is 0 Å². The zero-order valence-corrected chi connectivity index (χ0v) is 29.8. The van der Waals surface area contributed by atoms with Gasteiger partial charge < -0.3 is 0 Å². The molecule has 0 unspecified atom stereocenters. The van der Waals surface area contributed by atoms with Crippen molar-refractivity contribution in [3.8, 4) is 44.5 Å². The summed E-state index contributed by atoms with van der Waals surface area (Å²) >= 11 is 0. The van der Waals surface area contributed by atoms with E-state index in [4.69, 9.17) is 0 Å². The predicted molar refractivity (Wildman–Crippen MR) is 228 cm³/mol. The highest BCUT2D eigenvalue weighted by molar-refractivity contribution is 6.25. The van der Waals surface area contributed by atoms with Gasteiger partial charge >= 0.3 is 0 Å². The first-order chi connectivity index (χ1) is 26.0. The molecular formula is C53H36. The van der Waals surface area contributed by atoms with Crippen LogP contribution in [0.15, 0.2) is 182 Å². The molecule has 0 aromatic heterocycles. The molecule has 0 aliphatic heterocycles. The van der Waals surface area contributed by atoms with E-state index < -0.39 is 0 Å². The first kappa shape index (κ1) is 30.2. The van der Waals surface area contributed by atoms with Crippen molar-refractivity contribution < 1.29 is 0 Å². The van der Waals surface area contributed by atoms with Gasteiger partial charge in [0.25, 0.3) is 0 Å². The first-order valence-electron chi connectivity index (χ1n) is 18.7. The van der Waals surface area contributed by atoms with Crippen LogP contribution in [-0.2, 0) is 5.41 Å². The van der Waals surface area contributed by atoms with Crippen LogP contribution in [0.1, 0.15) is 25.0 Å². The van der Waals surface area contributed by atoms with E-state index in [1.807, 2.05) is 0 Å². The second kappa shape index (κ2) is 11.2. The molecule has 10 aromatic rings. The lowest BCUT2D eigenvalue weighted by molar-refractivity contribution is 0.661. The highest BCUT2D eigenvalue weighted by atomic mass is 14.4. The molecule has 0 amide bonds. The van der Waals surface area contributed by atoms with Crippen LogP contribution < -0.4 is 0 Å². The van der Waals surface area contributed by atoms with E-state index in [1.165, 1.54) is 109 Å². The summed E-state index contributed by atoms with van der Waals surface area (Å²) in [6.07, 6.45) is 0. The predicted octanol–water partition coefficient (Wildman–Crippen LogP) is 14.8. The molecule has 1 aliphatic carbocycles. The number of rotatable bonds is 3. The smallest absolute Gasteiger partial charge is 0.0159 e. The normalized spacial score (nSPS) is 13.2. The second-order valence-electron chi connectivity index (χ2n) is 15.2. The lowest BCUT2D eigenvalue weighted by Crippen LogP contribution is -2.14. The third-order valence-electron chi connectivity index (χ3n) is 12.0. The van der Waals surface area contributed by atoms with Crippen LogP contribution in [-0.4, -0.2) is 0 Å². The molecule has 248 valence electrons. The van der Waals surface area contributed by atoms with E-state index in [9.17, 15) is 0 Å². The van der Waals surface area contributed by atoms with E-state index >= 15 is 0 Å². The maximum Gasteiger partial charge on any atom is 0.0159 e. The van der Waals surface area contributed by atoms with Crippen molar-refractivity contribution in [1.29, 1.82) is 0 Å². The third kappa shape index (κ3) is 4.42. The van der Waals surface area contributed by atoms with Gasteiger partial charge in [-0.1, -0.05) is 166 Å². The van der Waals surface area contributed by atoms with Crippen molar-refractivity contribution >= 4 is 53.9 Å². The van der Waals surface area contributed by atoms with Gasteiger partial charge in [-0.25, -0.2) is 0 Å². The Morgan fingerprint density at radius 1 is 0.283 bits per heavy atom.